The van der Waals surface area contributed by atoms with E-state index >= 15 is 0 Å². The number of hydrogen-bond acceptors (Lipinski definition) is 3. The summed E-state index contributed by atoms with van der Waals surface area (Å²) in [5.41, 5.74) is 10.2. The molecule has 0 aliphatic carbocycles. The van der Waals surface area contributed by atoms with Gasteiger partial charge in [-0.1, -0.05) is 41.4 Å². The maximum Gasteiger partial charge on any atom is 0.195 e. The zero-order valence-electron chi connectivity index (χ0n) is 11.2. The van der Waals surface area contributed by atoms with Crippen molar-refractivity contribution in [2.75, 3.05) is 5.73 Å². The standard InChI is InChI=1S/C16H15ClN2O/c1-10-2-4-11(5-3-10)6-7-16-19-14-8-12(17)13(18)9-15(14)20-16/h2-5,8-9H,6-7,18H2,1H3. The molecule has 0 spiro atoms. The van der Waals surface area contributed by atoms with Crippen molar-refractivity contribution in [1.29, 1.82) is 0 Å². The summed E-state index contributed by atoms with van der Waals surface area (Å²) in [5, 5.41) is 0.510. The van der Waals surface area contributed by atoms with Gasteiger partial charge in [0.25, 0.3) is 0 Å². The Morgan fingerprint density at radius 1 is 1.15 bits per heavy atom. The van der Waals surface area contributed by atoms with Crippen LogP contribution < -0.4 is 5.73 Å². The van der Waals surface area contributed by atoms with Crippen LogP contribution in [0.4, 0.5) is 5.69 Å². The SMILES string of the molecule is Cc1ccc(CCc2nc3cc(Cl)c(N)cc3o2)cc1. The van der Waals surface area contributed by atoms with Crippen molar-refractivity contribution in [3.05, 3.63) is 58.4 Å². The number of halogens is 1. The van der Waals surface area contributed by atoms with Gasteiger partial charge in [0, 0.05) is 12.5 Å². The summed E-state index contributed by atoms with van der Waals surface area (Å²) in [6.45, 7) is 2.08. The van der Waals surface area contributed by atoms with Crippen LogP contribution in [0.5, 0.6) is 0 Å². The second-order valence-electron chi connectivity index (χ2n) is 4.93. The average molecular weight is 287 g/mol. The van der Waals surface area contributed by atoms with E-state index in [9.17, 15) is 0 Å². The van der Waals surface area contributed by atoms with Gasteiger partial charge < -0.3 is 10.2 Å². The van der Waals surface area contributed by atoms with Crippen LogP contribution in [0.15, 0.2) is 40.8 Å². The minimum absolute atomic E-state index is 0.510. The third-order valence-electron chi connectivity index (χ3n) is 3.30. The van der Waals surface area contributed by atoms with E-state index in [1.165, 1.54) is 11.1 Å². The molecule has 0 atom stereocenters. The molecule has 0 amide bonds. The molecule has 0 unspecified atom stereocenters. The highest BCUT2D eigenvalue weighted by molar-refractivity contribution is 6.33. The van der Waals surface area contributed by atoms with Crippen LogP contribution in [-0.2, 0) is 12.8 Å². The van der Waals surface area contributed by atoms with Crippen LogP contribution in [0, 0.1) is 6.92 Å². The summed E-state index contributed by atoms with van der Waals surface area (Å²) in [4.78, 5) is 4.44. The molecule has 0 saturated carbocycles. The minimum Gasteiger partial charge on any atom is -0.441 e. The number of rotatable bonds is 3. The van der Waals surface area contributed by atoms with Crippen LogP contribution in [-0.4, -0.2) is 4.98 Å². The Morgan fingerprint density at radius 3 is 2.65 bits per heavy atom. The van der Waals surface area contributed by atoms with Gasteiger partial charge in [0.2, 0.25) is 0 Å². The van der Waals surface area contributed by atoms with Crippen LogP contribution in [0.2, 0.25) is 5.02 Å². The third-order valence-corrected chi connectivity index (χ3v) is 3.63. The molecule has 1 heterocycles. The fraction of sp³-hybridized carbons (Fsp3) is 0.188. The molecule has 0 aliphatic heterocycles. The van der Waals surface area contributed by atoms with Crippen molar-refractivity contribution in [2.24, 2.45) is 0 Å². The normalized spacial score (nSPS) is 11.1. The fourth-order valence-electron chi connectivity index (χ4n) is 2.12. The zero-order chi connectivity index (χ0) is 14.1. The van der Waals surface area contributed by atoms with E-state index in [4.69, 9.17) is 21.8 Å². The van der Waals surface area contributed by atoms with E-state index in [-0.39, 0.29) is 0 Å². The largest absolute Gasteiger partial charge is 0.441 e. The molecule has 2 N–H and O–H groups in total. The Kier molecular flexibility index (Phi) is 3.36. The third kappa shape index (κ3) is 2.63. The van der Waals surface area contributed by atoms with Crippen LogP contribution in [0.3, 0.4) is 0 Å². The second-order valence-corrected chi connectivity index (χ2v) is 5.34. The first kappa shape index (κ1) is 13.0. The van der Waals surface area contributed by atoms with Gasteiger partial charge in [0.05, 0.1) is 10.7 Å². The number of fused-ring (bicyclic) bond motifs is 1. The summed E-state index contributed by atoms with van der Waals surface area (Å²) >= 11 is 5.98. The van der Waals surface area contributed by atoms with Crippen molar-refractivity contribution in [3.63, 3.8) is 0 Å². The maximum atomic E-state index is 5.98. The Balaban J connectivity index is 1.79. The molecular weight excluding hydrogens is 272 g/mol. The lowest BCUT2D eigenvalue weighted by Crippen LogP contribution is -1.91. The Labute approximate surface area is 122 Å². The first-order valence-corrected chi connectivity index (χ1v) is 6.89. The molecule has 3 aromatic rings. The van der Waals surface area contributed by atoms with Gasteiger partial charge >= 0.3 is 0 Å². The molecule has 2 aromatic carbocycles. The first-order valence-electron chi connectivity index (χ1n) is 6.52. The zero-order valence-corrected chi connectivity index (χ0v) is 11.9. The summed E-state index contributed by atoms with van der Waals surface area (Å²) in [7, 11) is 0. The monoisotopic (exact) mass is 286 g/mol. The molecule has 0 bridgehead atoms. The van der Waals surface area contributed by atoms with E-state index in [0.29, 0.717) is 22.2 Å². The number of nitrogen functional groups attached to an aromatic ring is 1. The Morgan fingerprint density at radius 2 is 1.90 bits per heavy atom. The van der Waals surface area contributed by atoms with Gasteiger partial charge in [-0.05, 0) is 25.0 Å². The molecule has 0 aliphatic rings. The van der Waals surface area contributed by atoms with E-state index < -0.39 is 0 Å². The lowest BCUT2D eigenvalue weighted by molar-refractivity contribution is 0.528. The van der Waals surface area contributed by atoms with E-state index in [0.717, 1.165) is 18.4 Å². The van der Waals surface area contributed by atoms with E-state index in [1.807, 2.05) is 0 Å². The van der Waals surface area contributed by atoms with Crippen molar-refractivity contribution in [1.82, 2.24) is 4.98 Å². The molecule has 3 nitrogen and oxygen atoms in total. The number of nitrogens with zero attached hydrogens (tertiary/aromatic N) is 1. The van der Waals surface area contributed by atoms with E-state index in [2.05, 4.69) is 36.2 Å². The van der Waals surface area contributed by atoms with E-state index in [1.54, 1.807) is 12.1 Å². The van der Waals surface area contributed by atoms with Gasteiger partial charge in [-0.3, -0.25) is 0 Å². The highest BCUT2D eigenvalue weighted by atomic mass is 35.5. The number of aryl methyl sites for hydroxylation is 3. The second kappa shape index (κ2) is 5.17. The first-order chi connectivity index (χ1) is 9.61. The molecule has 4 heteroatoms. The van der Waals surface area contributed by atoms with Gasteiger partial charge in [0.1, 0.15) is 5.52 Å². The van der Waals surface area contributed by atoms with Crippen LogP contribution in [0.1, 0.15) is 17.0 Å². The molecule has 102 valence electrons. The summed E-state index contributed by atoms with van der Waals surface area (Å²) in [5.74, 6) is 0.710. The number of aromatic nitrogens is 1. The van der Waals surface area contributed by atoms with Gasteiger partial charge in [0.15, 0.2) is 11.5 Å². The van der Waals surface area contributed by atoms with Crippen molar-refractivity contribution < 1.29 is 4.42 Å². The molecule has 0 radical (unpaired) electrons. The smallest absolute Gasteiger partial charge is 0.195 e. The Bertz CT molecular complexity index is 708. The summed E-state index contributed by atoms with van der Waals surface area (Å²) in [6.07, 6.45) is 1.66. The molecule has 20 heavy (non-hydrogen) atoms. The highest BCUT2D eigenvalue weighted by Gasteiger charge is 2.08. The topological polar surface area (TPSA) is 52.0 Å². The van der Waals surface area contributed by atoms with Crippen LogP contribution >= 0.6 is 11.6 Å². The number of hydrogen-bond donors (Lipinski definition) is 1. The van der Waals surface area contributed by atoms with Crippen LogP contribution in [0.25, 0.3) is 11.1 Å². The van der Waals surface area contributed by atoms with Gasteiger partial charge in [-0.15, -0.1) is 0 Å². The lowest BCUT2D eigenvalue weighted by atomic mass is 10.1. The van der Waals surface area contributed by atoms with Crippen molar-refractivity contribution in [2.45, 2.75) is 19.8 Å². The number of oxazole rings is 1. The van der Waals surface area contributed by atoms with Crippen molar-refractivity contribution >= 4 is 28.4 Å². The molecule has 1 aromatic heterocycles. The van der Waals surface area contributed by atoms with Gasteiger partial charge in [-0.25, -0.2) is 4.98 Å². The molecule has 0 fully saturated rings. The highest BCUT2D eigenvalue weighted by Crippen LogP contribution is 2.26. The maximum absolute atomic E-state index is 5.98. The summed E-state index contributed by atoms with van der Waals surface area (Å²) < 4.78 is 5.70. The van der Waals surface area contributed by atoms with Gasteiger partial charge in [-0.2, -0.15) is 0 Å². The number of benzene rings is 2. The number of anilines is 1. The predicted octanol–water partition coefficient (Wildman–Crippen LogP) is 4.16. The van der Waals surface area contributed by atoms with Crippen molar-refractivity contribution in [3.8, 4) is 0 Å². The lowest BCUT2D eigenvalue weighted by Gasteiger charge is -1.99. The minimum atomic E-state index is 0.510. The molecule has 3 rings (SSSR count). The predicted molar refractivity (Wildman–Crippen MR) is 82.0 cm³/mol. The Hall–Kier alpha value is -2.00. The molecule has 0 saturated heterocycles. The quantitative estimate of drug-likeness (QED) is 0.736. The average Bonchev–Trinajstić information content (AvgIpc) is 2.80. The number of nitrogens with two attached hydrogens (primary N) is 1. The molecular formula is C16H15ClN2O. The summed E-state index contributed by atoms with van der Waals surface area (Å²) in [6, 6.07) is 12.0. The fourth-order valence-corrected chi connectivity index (χ4v) is 2.28.